The number of imidazole rings is 1. The molecule has 178 valence electrons. The molecule has 2 N–H and O–H groups in total. The second-order valence-electron chi connectivity index (χ2n) is 9.83. The van der Waals surface area contributed by atoms with E-state index in [1.165, 1.54) is 10.9 Å². The summed E-state index contributed by atoms with van der Waals surface area (Å²) in [6, 6.07) is 21.0. The number of aromatic nitrogens is 2. The van der Waals surface area contributed by atoms with Gasteiger partial charge in [-0.2, -0.15) is 0 Å². The zero-order chi connectivity index (χ0) is 24.8. The number of H-pyrrole nitrogens is 1. The van der Waals surface area contributed by atoms with Crippen molar-refractivity contribution >= 4 is 56.4 Å². The fourth-order valence-corrected chi connectivity index (χ4v) is 6.13. The average Bonchev–Trinajstić information content (AvgIpc) is 3.49. The summed E-state index contributed by atoms with van der Waals surface area (Å²) in [6.45, 7) is 2.13. The zero-order valence-electron chi connectivity index (χ0n) is 20.7. The highest BCUT2D eigenvalue weighted by atomic mass is 16.5. The van der Waals surface area contributed by atoms with E-state index in [1.807, 2.05) is 43.7 Å². The molecule has 6 nitrogen and oxygen atoms in total. The van der Waals surface area contributed by atoms with Crippen molar-refractivity contribution in [2.75, 3.05) is 12.4 Å². The fraction of sp³-hybridized carbons (Fsp3) is 0.100. The van der Waals surface area contributed by atoms with Gasteiger partial charge >= 0.3 is 0 Å². The number of furan rings is 1. The maximum atomic E-state index is 6.68. The van der Waals surface area contributed by atoms with Crippen molar-refractivity contribution in [1.82, 2.24) is 4.98 Å². The predicted molar refractivity (Wildman–Crippen MR) is 147 cm³/mol. The van der Waals surface area contributed by atoms with Crippen molar-refractivity contribution in [3.63, 3.8) is 0 Å². The number of methoxy groups -OCH3 is 1. The molecule has 0 aliphatic carbocycles. The monoisotopic (exact) mass is 484 g/mol. The number of para-hydroxylation sites is 1. The molecule has 0 amide bonds. The Morgan fingerprint density at radius 3 is 2.62 bits per heavy atom. The lowest BCUT2D eigenvalue weighted by Crippen LogP contribution is -2.58. The van der Waals surface area contributed by atoms with Crippen LogP contribution in [0.25, 0.3) is 33.3 Å². The van der Waals surface area contributed by atoms with Gasteiger partial charge in [0.2, 0.25) is 0 Å². The van der Waals surface area contributed by atoms with Crippen molar-refractivity contribution in [2.24, 2.45) is 7.05 Å². The average molecular weight is 484 g/mol. The van der Waals surface area contributed by atoms with Gasteiger partial charge in [0.05, 0.1) is 14.2 Å². The minimum atomic E-state index is 0.0574. The Morgan fingerprint density at radius 1 is 0.919 bits per heavy atom. The van der Waals surface area contributed by atoms with Crippen molar-refractivity contribution in [3.05, 3.63) is 78.6 Å². The van der Waals surface area contributed by atoms with E-state index in [0.717, 1.165) is 73.0 Å². The Balaban J connectivity index is 1.45. The van der Waals surface area contributed by atoms with E-state index in [1.54, 1.807) is 7.11 Å². The van der Waals surface area contributed by atoms with Crippen LogP contribution in [-0.4, -0.2) is 18.8 Å². The van der Waals surface area contributed by atoms with Crippen LogP contribution in [0.2, 0.25) is 0 Å². The van der Waals surface area contributed by atoms with Crippen LogP contribution < -0.4 is 35.7 Å². The number of ether oxygens (including phenoxy) is 2. The third-order valence-corrected chi connectivity index (χ3v) is 7.86. The maximum Gasteiger partial charge on any atom is 0.290 e. The Hall–Kier alpha value is -4.65. The zero-order valence-corrected chi connectivity index (χ0v) is 20.7. The summed E-state index contributed by atoms with van der Waals surface area (Å²) in [5, 5.41) is 5.76. The first-order valence-electron chi connectivity index (χ1n) is 12.4. The summed E-state index contributed by atoms with van der Waals surface area (Å²) in [4.78, 5) is 3.38. The lowest BCUT2D eigenvalue weighted by atomic mass is 9.34. The molecule has 4 heterocycles. The molecule has 37 heavy (non-hydrogen) atoms. The van der Waals surface area contributed by atoms with Gasteiger partial charge in [-0.15, -0.1) is 0 Å². The molecule has 7 heteroatoms. The number of nitrogens with one attached hydrogen (secondary N) is 2. The Morgan fingerprint density at radius 2 is 1.78 bits per heavy atom. The number of benzene rings is 4. The summed E-state index contributed by atoms with van der Waals surface area (Å²) >= 11 is 0. The van der Waals surface area contributed by atoms with E-state index >= 15 is 0 Å². The molecule has 0 bridgehead atoms. The molecule has 0 saturated carbocycles. The highest BCUT2D eigenvalue weighted by Gasteiger charge is 2.39. The molecule has 0 saturated heterocycles. The van der Waals surface area contributed by atoms with Gasteiger partial charge in [-0.05, 0) is 59.7 Å². The third kappa shape index (κ3) is 2.68. The first-order valence-corrected chi connectivity index (χ1v) is 12.4. The van der Waals surface area contributed by atoms with Gasteiger partial charge in [0, 0.05) is 27.7 Å². The minimum absolute atomic E-state index is 0.0574. The molecule has 0 spiro atoms. The highest BCUT2D eigenvalue weighted by Crippen LogP contribution is 2.42. The van der Waals surface area contributed by atoms with Crippen LogP contribution in [0.15, 0.2) is 77.5 Å². The smallest absolute Gasteiger partial charge is 0.290 e. The number of aryl methyl sites for hydroxylation is 1. The first-order chi connectivity index (χ1) is 18.1. The second-order valence-corrected chi connectivity index (χ2v) is 9.83. The number of hydrogen-bond donors (Lipinski definition) is 2. The number of nitrogens with zero attached hydrogens (tertiary/aromatic N) is 1. The quantitative estimate of drug-likeness (QED) is 0.282. The van der Waals surface area contributed by atoms with Crippen molar-refractivity contribution in [3.8, 4) is 28.6 Å². The van der Waals surface area contributed by atoms with Gasteiger partial charge < -0.3 is 19.2 Å². The fourth-order valence-electron chi connectivity index (χ4n) is 6.13. The van der Waals surface area contributed by atoms with Crippen LogP contribution in [0, 0.1) is 6.92 Å². The molecule has 2 aliphatic heterocycles. The summed E-state index contributed by atoms with van der Waals surface area (Å²) < 4.78 is 20.9. The van der Waals surface area contributed by atoms with E-state index in [-0.39, 0.29) is 6.71 Å². The molecule has 0 radical (unpaired) electrons. The van der Waals surface area contributed by atoms with Gasteiger partial charge in [0.15, 0.2) is 5.58 Å². The number of aromatic amines is 1. The van der Waals surface area contributed by atoms with Gasteiger partial charge in [-0.25, -0.2) is 9.55 Å². The normalized spacial score (nSPS) is 13.1. The van der Waals surface area contributed by atoms with E-state index in [0.29, 0.717) is 0 Å². The predicted octanol–water partition coefficient (Wildman–Crippen LogP) is 4.40. The molecule has 2 aliphatic rings. The van der Waals surface area contributed by atoms with E-state index < -0.39 is 0 Å². The van der Waals surface area contributed by atoms with Crippen molar-refractivity contribution < 1.29 is 18.5 Å². The molecular formula is C30H23BN3O3+. The lowest BCUT2D eigenvalue weighted by molar-refractivity contribution is -0.658. The lowest BCUT2D eigenvalue weighted by Gasteiger charge is -2.33. The van der Waals surface area contributed by atoms with Crippen molar-refractivity contribution in [2.45, 2.75) is 6.92 Å². The molecule has 6 aromatic rings. The molecule has 0 unspecified atom stereocenters. The number of rotatable bonds is 2. The number of hydrogen-bond acceptors (Lipinski definition) is 4. The molecule has 0 atom stereocenters. The van der Waals surface area contributed by atoms with Gasteiger partial charge in [0.25, 0.3) is 12.5 Å². The van der Waals surface area contributed by atoms with E-state index in [4.69, 9.17) is 13.9 Å². The Bertz CT molecular complexity index is 1920. The van der Waals surface area contributed by atoms with Crippen LogP contribution in [-0.2, 0) is 7.05 Å². The minimum Gasteiger partial charge on any atom is -0.496 e. The number of fused-ring (bicyclic) bond motifs is 7. The second kappa shape index (κ2) is 7.20. The van der Waals surface area contributed by atoms with E-state index in [2.05, 4.69) is 58.2 Å². The summed E-state index contributed by atoms with van der Waals surface area (Å²) in [7, 11) is 3.74. The first kappa shape index (κ1) is 20.5. The molecule has 8 rings (SSSR count). The van der Waals surface area contributed by atoms with Crippen LogP contribution in [0.3, 0.4) is 0 Å². The molecule has 4 aromatic carbocycles. The van der Waals surface area contributed by atoms with Crippen LogP contribution in [0.5, 0.6) is 17.2 Å². The van der Waals surface area contributed by atoms with Gasteiger partial charge in [0.1, 0.15) is 40.8 Å². The topological polar surface area (TPSA) is 63.3 Å². The van der Waals surface area contributed by atoms with Crippen LogP contribution in [0.1, 0.15) is 5.56 Å². The third-order valence-electron chi connectivity index (χ3n) is 7.86. The summed E-state index contributed by atoms with van der Waals surface area (Å²) in [5.74, 6) is 3.60. The number of anilines is 2. The van der Waals surface area contributed by atoms with Gasteiger partial charge in [-0.3, -0.25) is 0 Å². The Kier molecular flexibility index (Phi) is 4.00. The highest BCUT2D eigenvalue weighted by molar-refractivity contribution is 6.99. The summed E-state index contributed by atoms with van der Waals surface area (Å²) in [5.41, 5.74) is 9.40. The molecular weight excluding hydrogens is 461 g/mol. The Labute approximate surface area is 213 Å². The standard InChI is InChI=1S/C30H22BN3O3/c1-16-25(35-3)14-18-17-13-22-20(15-26(17)37-29(18)27(16)30-32-11-12-34(30)2)31-19-7-4-5-9-23(19)36-24-10-6-8-21(33-22)28(24)31/h4-15,33H,1-3H3/p+1. The summed E-state index contributed by atoms with van der Waals surface area (Å²) in [6.07, 6.45) is 3.94. The van der Waals surface area contributed by atoms with Crippen LogP contribution in [0.4, 0.5) is 11.4 Å². The molecule has 2 aromatic heterocycles. The van der Waals surface area contributed by atoms with Crippen molar-refractivity contribution in [1.29, 1.82) is 0 Å². The molecule has 0 fully saturated rings. The van der Waals surface area contributed by atoms with E-state index in [9.17, 15) is 0 Å². The van der Waals surface area contributed by atoms with Gasteiger partial charge in [-0.1, -0.05) is 24.3 Å². The largest absolute Gasteiger partial charge is 0.496 e. The maximum absolute atomic E-state index is 6.68. The van der Waals surface area contributed by atoms with Crippen LogP contribution >= 0.6 is 0 Å². The SMILES string of the molecule is COc1cc2c(oc3cc4c(cc32)Nc2cccc3c2B4c2ccccc2O3)c(-c2[nH]cc[n+]2C)c1C.